The molecule has 1 aliphatic rings. The highest BCUT2D eigenvalue weighted by atomic mass is 19.4. The minimum Gasteiger partial charge on any atom is -0.291 e. The number of nitrogens with zero attached hydrogens (tertiary/aromatic N) is 2. The lowest BCUT2D eigenvalue weighted by atomic mass is 10.0. The Balaban J connectivity index is 2.66. The van der Waals surface area contributed by atoms with E-state index in [0.717, 1.165) is 12.8 Å². The Labute approximate surface area is 94.0 Å². The molecular formula is C11H17F3N2. The molecule has 1 fully saturated rings. The Hall–Kier alpha value is -0.760. The van der Waals surface area contributed by atoms with Crippen LogP contribution in [0.25, 0.3) is 0 Å². The Kier molecular flexibility index (Phi) is 4.60. The summed E-state index contributed by atoms with van der Waals surface area (Å²) < 4.78 is 37.2. The molecule has 0 radical (unpaired) electrons. The molecular weight excluding hydrogens is 217 g/mol. The van der Waals surface area contributed by atoms with Gasteiger partial charge >= 0.3 is 6.18 Å². The summed E-state index contributed by atoms with van der Waals surface area (Å²) in [6.45, 7) is 1.39. The summed E-state index contributed by atoms with van der Waals surface area (Å²) in [4.78, 5) is 1.43. The maximum absolute atomic E-state index is 12.4. The van der Waals surface area contributed by atoms with Crippen molar-refractivity contribution in [3.8, 4) is 6.07 Å². The number of halogens is 3. The molecule has 0 aromatic carbocycles. The second-order valence-electron chi connectivity index (χ2n) is 4.32. The van der Waals surface area contributed by atoms with Crippen LogP contribution < -0.4 is 0 Å². The summed E-state index contributed by atoms with van der Waals surface area (Å²) >= 11 is 0. The van der Waals surface area contributed by atoms with Crippen LogP contribution in [0.15, 0.2) is 0 Å². The fraction of sp³-hybridized carbons (Fsp3) is 0.909. The summed E-state index contributed by atoms with van der Waals surface area (Å²) in [6.07, 6.45) is -1.17. The molecule has 0 amide bonds. The zero-order valence-electron chi connectivity index (χ0n) is 9.43. The minimum absolute atomic E-state index is 0.202. The fourth-order valence-corrected chi connectivity index (χ4v) is 2.41. The van der Waals surface area contributed by atoms with Crippen molar-refractivity contribution in [3.05, 3.63) is 0 Å². The van der Waals surface area contributed by atoms with E-state index >= 15 is 0 Å². The molecule has 0 spiro atoms. The lowest BCUT2D eigenvalue weighted by Crippen LogP contribution is -2.43. The average molecular weight is 234 g/mol. The quantitative estimate of drug-likeness (QED) is 0.747. The summed E-state index contributed by atoms with van der Waals surface area (Å²) in [5.41, 5.74) is 0. The van der Waals surface area contributed by atoms with Gasteiger partial charge in [-0.15, -0.1) is 0 Å². The van der Waals surface area contributed by atoms with Crippen LogP contribution in [0, 0.1) is 17.2 Å². The molecule has 0 heterocycles. The highest BCUT2D eigenvalue weighted by Gasteiger charge is 2.38. The molecule has 0 aromatic rings. The predicted octanol–water partition coefficient (Wildman–Crippen LogP) is 2.95. The molecule has 1 aliphatic carbocycles. The Morgan fingerprint density at radius 1 is 1.38 bits per heavy atom. The number of hydrogen-bond acceptors (Lipinski definition) is 2. The second-order valence-corrected chi connectivity index (χ2v) is 4.32. The molecule has 0 aliphatic heterocycles. The Morgan fingerprint density at radius 3 is 2.56 bits per heavy atom. The molecule has 16 heavy (non-hydrogen) atoms. The van der Waals surface area contributed by atoms with Gasteiger partial charge in [-0.3, -0.25) is 4.90 Å². The van der Waals surface area contributed by atoms with Gasteiger partial charge in [0.25, 0.3) is 0 Å². The summed E-state index contributed by atoms with van der Waals surface area (Å²) in [7, 11) is 0. The number of rotatable bonds is 4. The van der Waals surface area contributed by atoms with Crippen molar-refractivity contribution in [2.45, 2.75) is 44.8 Å². The monoisotopic (exact) mass is 234 g/mol. The first-order valence-electron chi connectivity index (χ1n) is 5.68. The minimum atomic E-state index is -4.17. The van der Waals surface area contributed by atoms with Gasteiger partial charge in [-0.25, -0.2) is 0 Å². The molecule has 0 N–H and O–H groups in total. The third kappa shape index (κ3) is 3.67. The first-order valence-corrected chi connectivity index (χ1v) is 5.68. The topological polar surface area (TPSA) is 27.0 Å². The normalized spacial score (nSPS) is 26.0. The second kappa shape index (κ2) is 5.53. The molecule has 0 saturated heterocycles. The van der Waals surface area contributed by atoms with E-state index in [0.29, 0.717) is 19.4 Å². The summed E-state index contributed by atoms with van der Waals surface area (Å²) in [6, 6.07) is 1.93. The van der Waals surface area contributed by atoms with Gasteiger partial charge in [0, 0.05) is 6.04 Å². The van der Waals surface area contributed by atoms with Crippen molar-refractivity contribution < 1.29 is 13.2 Å². The molecule has 0 aromatic heterocycles. The molecule has 1 saturated carbocycles. The average Bonchev–Trinajstić information content (AvgIpc) is 2.62. The third-order valence-corrected chi connectivity index (χ3v) is 3.01. The summed E-state index contributed by atoms with van der Waals surface area (Å²) in [5, 5.41) is 8.89. The van der Waals surface area contributed by atoms with Gasteiger partial charge in [-0.05, 0) is 25.8 Å². The largest absolute Gasteiger partial charge is 0.401 e. The molecule has 2 unspecified atom stereocenters. The van der Waals surface area contributed by atoms with Crippen molar-refractivity contribution in [2.75, 3.05) is 13.1 Å². The lowest BCUT2D eigenvalue weighted by Gasteiger charge is -2.31. The standard InChI is InChI=1S/C11H17F3N2/c1-2-6-16(8-11(12,13)14)10-5-3-4-9(10)7-15/h9-10H,2-6,8H2,1H3. The number of hydrogen-bond donors (Lipinski definition) is 0. The number of nitriles is 1. The Bertz CT molecular complexity index is 257. The number of alkyl halides is 3. The van der Waals surface area contributed by atoms with E-state index in [-0.39, 0.29) is 12.0 Å². The van der Waals surface area contributed by atoms with E-state index in [2.05, 4.69) is 6.07 Å². The Morgan fingerprint density at radius 2 is 2.06 bits per heavy atom. The van der Waals surface area contributed by atoms with E-state index in [4.69, 9.17) is 5.26 Å². The van der Waals surface area contributed by atoms with Gasteiger partial charge in [-0.1, -0.05) is 13.3 Å². The van der Waals surface area contributed by atoms with E-state index in [9.17, 15) is 13.2 Å². The van der Waals surface area contributed by atoms with Crippen LogP contribution in [-0.2, 0) is 0 Å². The van der Waals surface area contributed by atoms with Gasteiger partial charge in [0.2, 0.25) is 0 Å². The van der Waals surface area contributed by atoms with Crippen LogP contribution in [0.2, 0.25) is 0 Å². The highest BCUT2D eigenvalue weighted by Crippen LogP contribution is 2.31. The summed E-state index contributed by atoms with van der Waals surface area (Å²) in [5.74, 6) is -0.228. The van der Waals surface area contributed by atoms with Gasteiger partial charge in [0.1, 0.15) is 0 Å². The third-order valence-electron chi connectivity index (χ3n) is 3.01. The SMILES string of the molecule is CCCN(CC(F)(F)F)C1CCCC1C#N. The van der Waals surface area contributed by atoms with Crippen LogP contribution in [0.1, 0.15) is 32.6 Å². The molecule has 92 valence electrons. The van der Waals surface area contributed by atoms with Crippen LogP contribution in [0.3, 0.4) is 0 Å². The molecule has 1 rings (SSSR count). The molecule has 2 nitrogen and oxygen atoms in total. The molecule has 2 atom stereocenters. The van der Waals surface area contributed by atoms with Crippen molar-refractivity contribution in [3.63, 3.8) is 0 Å². The van der Waals surface area contributed by atoms with Gasteiger partial charge < -0.3 is 0 Å². The predicted molar refractivity (Wildman–Crippen MR) is 54.7 cm³/mol. The zero-order valence-corrected chi connectivity index (χ0v) is 9.43. The molecule has 0 bridgehead atoms. The van der Waals surface area contributed by atoms with E-state index in [1.807, 2.05) is 6.92 Å². The smallest absolute Gasteiger partial charge is 0.291 e. The maximum Gasteiger partial charge on any atom is 0.401 e. The fourth-order valence-electron chi connectivity index (χ4n) is 2.41. The van der Waals surface area contributed by atoms with Gasteiger partial charge in [0.05, 0.1) is 18.5 Å². The molecule has 5 heteroatoms. The zero-order chi connectivity index (χ0) is 12.2. The van der Waals surface area contributed by atoms with Crippen molar-refractivity contribution in [1.82, 2.24) is 4.90 Å². The van der Waals surface area contributed by atoms with Gasteiger partial charge in [-0.2, -0.15) is 18.4 Å². The van der Waals surface area contributed by atoms with Gasteiger partial charge in [0.15, 0.2) is 0 Å². The van der Waals surface area contributed by atoms with Crippen LogP contribution in [0.4, 0.5) is 13.2 Å². The van der Waals surface area contributed by atoms with Crippen molar-refractivity contribution in [2.24, 2.45) is 5.92 Å². The first kappa shape index (κ1) is 13.3. The van der Waals surface area contributed by atoms with Crippen molar-refractivity contribution >= 4 is 0 Å². The highest BCUT2D eigenvalue weighted by molar-refractivity contribution is 4.97. The van der Waals surface area contributed by atoms with Crippen molar-refractivity contribution in [1.29, 1.82) is 5.26 Å². The lowest BCUT2D eigenvalue weighted by molar-refractivity contribution is -0.151. The maximum atomic E-state index is 12.4. The van der Waals surface area contributed by atoms with E-state index in [1.54, 1.807) is 0 Å². The first-order chi connectivity index (χ1) is 7.48. The van der Waals surface area contributed by atoms with Crippen LogP contribution in [0.5, 0.6) is 0 Å². The van der Waals surface area contributed by atoms with E-state index < -0.39 is 12.7 Å². The van der Waals surface area contributed by atoms with Crippen LogP contribution >= 0.6 is 0 Å². The van der Waals surface area contributed by atoms with Crippen LogP contribution in [-0.4, -0.2) is 30.2 Å². The van der Waals surface area contributed by atoms with E-state index in [1.165, 1.54) is 4.90 Å².